The lowest BCUT2D eigenvalue weighted by Crippen LogP contribution is -2.04. The third-order valence-corrected chi connectivity index (χ3v) is 5.21. The molecule has 0 unspecified atom stereocenters. The summed E-state index contributed by atoms with van der Waals surface area (Å²) in [5.74, 6) is 1.04. The highest BCUT2D eigenvalue weighted by Crippen LogP contribution is 2.28. The third kappa shape index (κ3) is 4.14. The first-order valence-electron chi connectivity index (χ1n) is 5.37. The van der Waals surface area contributed by atoms with Crippen molar-refractivity contribution in [2.75, 3.05) is 7.05 Å². The largest absolute Gasteiger partial charge is 0.316 e. The van der Waals surface area contributed by atoms with Gasteiger partial charge in [0.2, 0.25) is 0 Å². The maximum Gasteiger partial charge on any atom is 0.0326 e. The summed E-state index contributed by atoms with van der Waals surface area (Å²) in [6.07, 6.45) is 0. The van der Waals surface area contributed by atoms with Gasteiger partial charge >= 0.3 is 0 Å². The van der Waals surface area contributed by atoms with Crippen molar-refractivity contribution < 1.29 is 0 Å². The molecule has 1 aromatic carbocycles. The van der Waals surface area contributed by atoms with Crippen LogP contribution in [-0.2, 0) is 12.3 Å². The van der Waals surface area contributed by atoms with Crippen molar-refractivity contribution in [1.29, 1.82) is 0 Å². The quantitative estimate of drug-likeness (QED) is 0.810. The molecule has 0 saturated carbocycles. The Morgan fingerprint density at radius 2 is 2.24 bits per heavy atom. The third-order valence-electron chi connectivity index (χ3n) is 2.28. The summed E-state index contributed by atoms with van der Waals surface area (Å²) in [7, 11) is 1.98. The molecule has 0 radical (unpaired) electrons. The maximum absolute atomic E-state index is 3.48. The van der Waals surface area contributed by atoms with Gasteiger partial charge in [-0.05, 0) is 46.7 Å². The molecular formula is C13H14BrNS2. The Labute approximate surface area is 119 Å². The minimum Gasteiger partial charge on any atom is -0.316 e. The molecule has 0 atom stereocenters. The summed E-state index contributed by atoms with van der Waals surface area (Å²) in [6, 6.07) is 10.9. The molecule has 1 nitrogen and oxygen atoms in total. The van der Waals surface area contributed by atoms with Crippen LogP contribution in [0.1, 0.15) is 10.4 Å². The predicted octanol–water partition coefficient (Wildman–Crippen LogP) is 4.52. The standard InChI is InChI=1S/C13H14BrNS2/c1-15-7-10-3-2-4-12(5-10)17-9-13-6-11(14)8-16-13/h2-6,8,15H,7,9H2,1H3. The second-order valence-electron chi connectivity index (χ2n) is 3.70. The van der Waals surface area contributed by atoms with Crippen LogP contribution in [0.25, 0.3) is 0 Å². The Morgan fingerprint density at radius 1 is 1.35 bits per heavy atom. The highest BCUT2D eigenvalue weighted by atomic mass is 79.9. The number of thiophene rings is 1. The second kappa shape index (κ2) is 6.59. The van der Waals surface area contributed by atoms with Gasteiger partial charge in [0.15, 0.2) is 0 Å². The zero-order valence-electron chi connectivity index (χ0n) is 9.57. The van der Waals surface area contributed by atoms with Crippen molar-refractivity contribution >= 4 is 39.0 Å². The van der Waals surface area contributed by atoms with Crippen molar-refractivity contribution in [1.82, 2.24) is 5.32 Å². The molecule has 2 aromatic rings. The van der Waals surface area contributed by atoms with E-state index in [1.54, 1.807) is 11.3 Å². The van der Waals surface area contributed by atoms with E-state index < -0.39 is 0 Å². The summed E-state index contributed by atoms with van der Waals surface area (Å²) in [5, 5.41) is 5.31. The first-order valence-corrected chi connectivity index (χ1v) is 8.03. The minimum atomic E-state index is 0.930. The smallest absolute Gasteiger partial charge is 0.0326 e. The van der Waals surface area contributed by atoms with Crippen LogP contribution in [0.15, 0.2) is 45.1 Å². The topological polar surface area (TPSA) is 12.0 Å². The Morgan fingerprint density at radius 3 is 2.94 bits per heavy atom. The van der Waals surface area contributed by atoms with E-state index >= 15 is 0 Å². The number of thioether (sulfide) groups is 1. The van der Waals surface area contributed by atoms with E-state index in [4.69, 9.17) is 0 Å². The fourth-order valence-corrected chi connectivity index (χ4v) is 4.02. The van der Waals surface area contributed by atoms with Crippen molar-refractivity contribution in [3.05, 3.63) is 50.6 Å². The van der Waals surface area contributed by atoms with Crippen LogP contribution in [-0.4, -0.2) is 7.05 Å². The molecule has 2 rings (SSSR count). The van der Waals surface area contributed by atoms with Crippen molar-refractivity contribution in [2.45, 2.75) is 17.2 Å². The van der Waals surface area contributed by atoms with E-state index in [9.17, 15) is 0 Å². The van der Waals surface area contributed by atoms with Gasteiger partial charge in [-0.15, -0.1) is 23.1 Å². The van der Waals surface area contributed by atoms with Crippen LogP contribution in [0.5, 0.6) is 0 Å². The summed E-state index contributed by atoms with van der Waals surface area (Å²) < 4.78 is 1.18. The van der Waals surface area contributed by atoms with Crippen molar-refractivity contribution in [3.8, 4) is 0 Å². The summed E-state index contributed by atoms with van der Waals surface area (Å²) in [6.45, 7) is 0.930. The van der Waals surface area contributed by atoms with Gasteiger partial charge in [0.05, 0.1) is 0 Å². The highest BCUT2D eigenvalue weighted by Gasteiger charge is 2.00. The fourth-order valence-electron chi connectivity index (χ4n) is 1.53. The van der Waals surface area contributed by atoms with Crippen LogP contribution in [0.3, 0.4) is 0 Å². The van der Waals surface area contributed by atoms with E-state index in [2.05, 4.69) is 57.0 Å². The molecule has 1 aromatic heterocycles. The van der Waals surface area contributed by atoms with Crippen LogP contribution in [0, 0.1) is 0 Å². The Balaban J connectivity index is 1.96. The molecule has 0 bridgehead atoms. The molecule has 4 heteroatoms. The van der Waals surface area contributed by atoms with E-state index in [1.165, 1.54) is 19.8 Å². The van der Waals surface area contributed by atoms with Gasteiger partial charge in [0.25, 0.3) is 0 Å². The van der Waals surface area contributed by atoms with Gasteiger partial charge in [-0.25, -0.2) is 0 Å². The first-order chi connectivity index (χ1) is 8.28. The van der Waals surface area contributed by atoms with Gasteiger partial charge in [0.1, 0.15) is 0 Å². The summed E-state index contributed by atoms with van der Waals surface area (Å²) in [4.78, 5) is 2.74. The molecule has 0 saturated heterocycles. The van der Waals surface area contributed by atoms with Crippen LogP contribution >= 0.6 is 39.0 Å². The van der Waals surface area contributed by atoms with Crippen molar-refractivity contribution in [3.63, 3.8) is 0 Å². The molecule has 0 amide bonds. The number of nitrogens with one attached hydrogen (secondary N) is 1. The summed E-state index contributed by atoms with van der Waals surface area (Å²) >= 11 is 7.18. The SMILES string of the molecule is CNCc1cccc(SCc2cc(Br)cs2)c1. The van der Waals surface area contributed by atoms with Crippen LogP contribution in [0.2, 0.25) is 0 Å². The molecule has 0 aliphatic heterocycles. The number of halogens is 1. The lowest BCUT2D eigenvalue weighted by molar-refractivity contribution is 0.815. The van der Waals surface area contributed by atoms with Crippen LogP contribution < -0.4 is 5.32 Å². The Kier molecular flexibility index (Phi) is 5.10. The monoisotopic (exact) mass is 327 g/mol. The molecule has 0 fully saturated rings. The lowest BCUT2D eigenvalue weighted by atomic mass is 10.2. The second-order valence-corrected chi connectivity index (χ2v) is 6.66. The van der Waals surface area contributed by atoms with E-state index in [0.29, 0.717) is 0 Å². The number of benzene rings is 1. The van der Waals surface area contributed by atoms with Crippen LogP contribution in [0.4, 0.5) is 0 Å². The first kappa shape index (κ1) is 13.1. The van der Waals surface area contributed by atoms with E-state index in [-0.39, 0.29) is 0 Å². The van der Waals surface area contributed by atoms with E-state index in [0.717, 1.165) is 12.3 Å². The average Bonchev–Trinajstić information content (AvgIpc) is 2.74. The summed E-state index contributed by atoms with van der Waals surface area (Å²) in [5.41, 5.74) is 1.34. The maximum atomic E-state index is 3.48. The molecule has 0 aliphatic carbocycles. The number of hydrogen-bond donors (Lipinski definition) is 1. The predicted molar refractivity (Wildman–Crippen MR) is 80.8 cm³/mol. The Hall–Kier alpha value is -0.290. The molecule has 0 spiro atoms. The number of hydrogen-bond acceptors (Lipinski definition) is 3. The minimum absolute atomic E-state index is 0.930. The van der Waals surface area contributed by atoms with Gasteiger partial charge < -0.3 is 5.32 Å². The molecule has 0 aliphatic rings. The normalized spacial score (nSPS) is 10.7. The molecule has 1 heterocycles. The zero-order chi connectivity index (χ0) is 12.1. The Bertz CT molecular complexity index is 482. The zero-order valence-corrected chi connectivity index (χ0v) is 12.8. The molecule has 17 heavy (non-hydrogen) atoms. The average molecular weight is 328 g/mol. The fraction of sp³-hybridized carbons (Fsp3) is 0.231. The lowest BCUT2D eigenvalue weighted by Gasteiger charge is -2.04. The number of rotatable bonds is 5. The highest BCUT2D eigenvalue weighted by molar-refractivity contribution is 9.10. The molecule has 1 N–H and O–H groups in total. The van der Waals surface area contributed by atoms with E-state index in [1.807, 2.05) is 18.8 Å². The van der Waals surface area contributed by atoms with Gasteiger partial charge in [-0.2, -0.15) is 0 Å². The van der Waals surface area contributed by atoms with Gasteiger partial charge in [-0.3, -0.25) is 0 Å². The van der Waals surface area contributed by atoms with Gasteiger partial charge in [-0.1, -0.05) is 12.1 Å². The van der Waals surface area contributed by atoms with Gasteiger partial charge in [0, 0.05) is 31.9 Å². The van der Waals surface area contributed by atoms with Crippen molar-refractivity contribution in [2.24, 2.45) is 0 Å². The molecule has 90 valence electrons. The molecular weight excluding hydrogens is 314 g/mol.